The zero-order valence-corrected chi connectivity index (χ0v) is 26.4. The number of ketones is 1. The molecule has 0 N–H and O–H groups in total. The van der Waals surface area contributed by atoms with Gasteiger partial charge in [0.05, 0.1) is 23.0 Å². The van der Waals surface area contributed by atoms with Gasteiger partial charge in [-0.3, -0.25) is 14.5 Å². The van der Waals surface area contributed by atoms with Crippen molar-refractivity contribution in [1.29, 1.82) is 5.26 Å². The number of anilines is 2. The highest BCUT2D eigenvalue weighted by molar-refractivity contribution is 7.81. The number of alkyl halides is 3. The Morgan fingerprint density at radius 2 is 1.80 bits per heavy atom. The number of amides is 2. The van der Waals surface area contributed by atoms with Gasteiger partial charge < -0.3 is 14.5 Å². The van der Waals surface area contributed by atoms with Crippen molar-refractivity contribution >= 4 is 46.5 Å². The van der Waals surface area contributed by atoms with E-state index in [2.05, 4.69) is 4.98 Å². The predicted octanol–water partition coefficient (Wildman–Crippen LogP) is 6.78. The SMILES string of the molecule is CC(C)(C)OC(=O)N1CCC(CCC(=O)c2ccc(N3C(=S)N(c4cnc(C#N)c(C(F)(F)F)c4)C(=O)C34CCC4)cc2F)CC1. The van der Waals surface area contributed by atoms with Gasteiger partial charge in [-0.25, -0.2) is 14.2 Å². The molecule has 9 nitrogen and oxygen atoms in total. The van der Waals surface area contributed by atoms with Crippen LogP contribution < -0.4 is 9.80 Å². The van der Waals surface area contributed by atoms with E-state index in [1.807, 2.05) is 0 Å². The third kappa shape index (κ3) is 6.29. The number of rotatable bonds is 6. The summed E-state index contributed by atoms with van der Waals surface area (Å²) in [5.41, 5.74) is -4.10. The molecule has 3 fully saturated rings. The zero-order valence-electron chi connectivity index (χ0n) is 25.6. The smallest absolute Gasteiger partial charge is 0.419 e. The molecule has 0 unspecified atom stereocenters. The maximum atomic E-state index is 15.5. The van der Waals surface area contributed by atoms with Crippen LogP contribution in [0.5, 0.6) is 0 Å². The van der Waals surface area contributed by atoms with E-state index in [-0.39, 0.29) is 46.3 Å². The fraction of sp³-hybridized carbons (Fsp3) is 0.500. The molecule has 1 aromatic carbocycles. The number of carbonyl (C=O) groups excluding carboxylic acids is 3. The number of nitriles is 1. The minimum atomic E-state index is -4.89. The highest BCUT2D eigenvalue weighted by Crippen LogP contribution is 2.48. The summed E-state index contributed by atoms with van der Waals surface area (Å²) >= 11 is 5.58. The first-order chi connectivity index (χ1) is 21.6. The number of Topliss-reactive ketones (excluding diaryl/α,β-unsaturated/α-hetero) is 1. The van der Waals surface area contributed by atoms with Crippen molar-refractivity contribution in [3.63, 3.8) is 0 Å². The largest absolute Gasteiger partial charge is 0.444 e. The van der Waals surface area contributed by atoms with Crippen molar-refractivity contribution in [2.24, 2.45) is 5.92 Å². The van der Waals surface area contributed by atoms with Crippen molar-refractivity contribution in [3.8, 4) is 6.07 Å². The van der Waals surface area contributed by atoms with Crippen LogP contribution in [0.4, 0.5) is 33.7 Å². The molecule has 2 aliphatic heterocycles. The Hall–Kier alpha value is -4.12. The molecule has 0 atom stereocenters. The molecule has 3 aliphatic rings. The van der Waals surface area contributed by atoms with Crippen LogP contribution in [0.3, 0.4) is 0 Å². The Bertz CT molecular complexity index is 1620. The fourth-order valence-corrected chi connectivity index (χ4v) is 6.63. The van der Waals surface area contributed by atoms with Gasteiger partial charge in [0.2, 0.25) is 0 Å². The number of thiocarbonyl (C=S) groups is 1. The Morgan fingerprint density at radius 3 is 2.35 bits per heavy atom. The Balaban J connectivity index is 1.29. The van der Waals surface area contributed by atoms with Crippen molar-refractivity contribution in [1.82, 2.24) is 9.88 Å². The molecule has 1 saturated carbocycles. The number of nitrogens with zero attached hydrogens (tertiary/aromatic N) is 5. The van der Waals surface area contributed by atoms with E-state index in [0.717, 1.165) is 17.2 Å². The van der Waals surface area contributed by atoms with Crippen molar-refractivity contribution < 1.29 is 36.7 Å². The molecule has 2 aromatic rings. The summed E-state index contributed by atoms with van der Waals surface area (Å²) in [7, 11) is 0. The third-order valence-electron chi connectivity index (χ3n) is 8.69. The number of hydrogen-bond donors (Lipinski definition) is 0. The number of aromatic nitrogens is 1. The van der Waals surface area contributed by atoms with Crippen LogP contribution in [0.1, 0.15) is 87.3 Å². The average molecular weight is 660 g/mol. The molecule has 1 aliphatic carbocycles. The maximum Gasteiger partial charge on any atom is 0.419 e. The van der Waals surface area contributed by atoms with E-state index in [4.69, 9.17) is 22.2 Å². The Labute approximate surface area is 269 Å². The van der Waals surface area contributed by atoms with Gasteiger partial charge in [0.1, 0.15) is 23.0 Å². The van der Waals surface area contributed by atoms with E-state index in [0.29, 0.717) is 57.7 Å². The molecule has 0 radical (unpaired) electrons. The van der Waals surface area contributed by atoms with Gasteiger partial charge in [0.15, 0.2) is 16.6 Å². The van der Waals surface area contributed by atoms with E-state index < -0.39 is 40.3 Å². The van der Waals surface area contributed by atoms with Crippen molar-refractivity contribution in [2.75, 3.05) is 22.9 Å². The quantitative estimate of drug-likeness (QED) is 0.190. The number of carbonyl (C=O) groups is 3. The lowest BCUT2D eigenvalue weighted by Gasteiger charge is -2.43. The van der Waals surface area contributed by atoms with Crippen molar-refractivity contribution in [2.45, 2.75) is 83.0 Å². The number of hydrogen-bond acceptors (Lipinski definition) is 7. The zero-order chi connectivity index (χ0) is 33.6. The molecule has 2 amide bonds. The fourth-order valence-electron chi connectivity index (χ4n) is 6.16. The van der Waals surface area contributed by atoms with Crippen LogP contribution in [0, 0.1) is 23.1 Å². The molecule has 2 saturated heterocycles. The van der Waals surface area contributed by atoms with Gasteiger partial charge in [0.25, 0.3) is 5.91 Å². The molecule has 46 heavy (non-hydrogen) atoms. The summed E-state index contributed by atoms with van der Waals surface area (Å²) < 4.78 is 61.8. The lowest BCUT2D eigenvalue weighted by molar-refractivity contribution is -0.138. The molecule has 1 aromatic heterocycles. The van der Waals surface area contributed by atoms with Gasteiger partial charge in [-0.2, -0.15) is 18.4 Å². The molecule has 244 valence electrons. The van der Waals surface area contributed by atoms with Crippen molar-refractivity contribution in [3.05, 3.63) is 53.1 Å². The van der Waals surface area contributed by atoms with Crippen LogP contribution in [0.15, 0.2) is 30.5 Å². The number of likely N-dealkylation sites (tertiary alicyclic amines) is 1. The lowest BCUT2D eigenvalue weighted by atomic mass is 9.75. The summed E-state index contributed by atoms with van der Waals surface area (Å²) in [6.07, 6.45) is -0.905. The van der Waals surface area contributed by atoms with Gasteiger partial charge in [-0.1, -0.05) is 0 Å². The Kier molecular flexibility index (Phi) is 8.85. The molecule has 14 heteroatoms. The number of pyridine rings is 1. The summed E-state index contributed by atoms with van der Waals surface area (Å²) in [4.78, 5) is 46.7. The second kappa shape index (κ2) is 12.2. The number of benzene rings is 1. The van der Waals surface area contributed by atoms with E-state index in [9.17, 15) is 27.6 Å². The Morgan fingerprint density at radius 1 is 1.13 bits per heavy atom. The molecule has 3 heterocycles. The highest BCUT2D eigenvalue weighted by Gasteiger charge is 2.60. The van der Waals surface area contributed by atoms with Crippen LogP contribution in [0.2, 0.25) is 0 Å². The summed E-state index contributed by atoms with van der Waals surface area (Å²) in [5, 5.41) is 8.95. The maximum absolute atomic E-state index is 15.5. The molecule has 5 rings (SSSR count). The monoisotopic (exact) mass is 659 g/mol. The first-order valence-corrected chi connectivity index (χ1v) is 15.4. The number of halogens is 4. The normalized spacial score (nSPS) is 18.5. The first kappa shape index (κ1) is 33.2. The van der Waals surface area contributed by atoms with E-state index >= 15 is 4.39 Å². The summed E-state index contributed by atoms with van der Waals surface area (Å²) in [5.74, 6) is -1.56. The second-order valence-electron chi connectivity index (χ2n) is 12.9. The molecule has 1 spiro atoms. The van der Waals surface area contributed by atoms with Crippen LogP contribution in [0.25, 0.3) is 0 Å². The lowest BCUT2D eigenvalue weighted by Crippen LogP contribution is -2.55. The molecular weight excluding hydrogens is 626 g/mol. The minimum absolute atomic E-state index is 0.110. The average Bonchev–Trinajstić information content (AvgIpc) is 3.20. The molecular formula is C32H33F4N5O4S. The summed E-state index contributed by atoms with van der Waals surface area (Å²) in [6.45, 7) is 6.44. The number of piperidine rings is 1. The van der Waals surface area contributed by atoms with E-state index in [1.165, 1.54) is 23.1 Å². The van der Waals surface area contributed by atoms with E-state index in [1.54, 1.807) is 25.7 Å². The summed E-state index contributed by atoms with van der Waals surface area (Å²) in [6, 6.07) is 6.01. The van der Waals surface area contributed by atoms with Gasteiger partial charge >= 0.3 is 12.3 Å². The highest BCUT2D eigenvalue weighted by atomic mass is 32.1. The minimum Gasteiger partial charge on any atom is -0.444 e. The third-order valence-corrected chi connectivity index (χ3v) is 9.06. The van der Waals surface area contributed by atoms with Gasteiger partial charge in [-0.15, -0.1) is 0 Å². The van der Waals surface area contributed by atoms with Gasteiger partial charge in [-0.05, 0) is 102 Å². The molecule has 0 bridgehead atoms. The number of ether oxygens (including phenoxy) is 1. The second-order valence-corrected chi connectivity index (χ2v) is 13.2. The van der Waals surface area contributed by atoms with Crippen LogP contribution >= 0.6 is 12.2 Å². The standard InChI is InChI=1S/C32H33F4N5O4S/c1-30(2,3)45-29(44)39-13-9-19(10-14-39)5-8-26(42)22-7-6-20(16-24(22)33)41-28(46)40(27(43)31(41)11-4-12-31)21-15-23(32(34,35)36)25(17-37)38-18-21/h6-7,15-16,18-19H,4-5,8-14H2,1-3H3. The predicted molar refractivity (Wildman–Crippen MR) is 164 cm³/mol. The van der Waals surface area contributed by atoms with Gasteiger partial charge in [0, 0.05) is 25.2 Å². The van der Waals surface area contributed by atoms with Crippen LogP contribution in [-0.4, -0.2) is 57.0 Å². The van der Waals surface area contributed by atoms with Crippen LogP contribution in [-0.2, 0) is 15.7 Å². The topological polar surface area (TPSA) is 107 Å². The first-order valence-electron chi connectivity index (χ1n) is 15.0.